The zero-order valence-electron chi connectivity index (χ0n) is 12.3. The van der Waals surface area contributed by atoms with Gasteiger partial charge in [0.2, 0.25) is 5.91 Å². The van der Waals surface area contributed by atoms with Gasteiger partial charge in [0.1, 0.15) is 0 Å². The Labute approximate surface area is 132 Å². The lowest BCUT2D eigenvalue weighted by molar-refractivity contribution is -0.116. The van der Waals surface area contributed by atoms with Gasteiger partial charge in [-0.3, -0.25) is 19.3 Å². The smallest absolute Gasteiger partial charge is 0.261 e. The Morgan fingerprint density at radius 3 is 2.09 bits per heavy atom. The molecule has 0 aromatic heterocycles. The maximum atomic E-state index is 12.2. The number of hydrogen-bond donors (Lipinski definition) is 2. The summed E-state index contributed by atoms with van der Waals surface area (Å²) in [6, 6.07) is 13.4. The normalized spacial score (nSPS) is 13.1. The minimum Gasteiger partial charge on any atom is -0.399 e. The van der Waals surface area contributed by atoms with Crippen LogP contribution in [-0.2, 0) is 4.79 Å². The van der Waals surface area contributed by atoms with E-state index in [1.165, 1.54) is 0 Å². The van der Waals surface area contributed by atoms with Crippen molar-refractivity contribution in [3.05, 3.63) is 59.7 Å². The minimum absolute atomic E-state index is 0.0375. The standard InChI is InChI=1S/C17H15N3O3/c18-11-5-7-12(8-6-11)19-15(21)9-10-20-16(22)13-3-1-2-4-14(13)17(20)23/h1-8H,9-10,18H2,(H,19,21). The van der Waals surface area contributed by atoms with Gasteiger partial charge in [-0.2, -0.15) is 0 Å². The van der Waals surface area contributed by atoms with E-state index in [1.807, 2.05) is 0 Å². The summed E-state index contributed by atoms with van der Waals surface area (Å²) in [7, 11) is 0. The fourth-order valence-corrected chi connectivity index (χ4v) is 2.45. The van der Waals surface area contributed by atoms with Gasteiger partial charge in [-0.15, -0.1) is 0 Å². The Hall–Kier alpha value is -3.15. The highest BCUT2D eigenvalue weighted by Crippen LogP contribution is 2.22. The number of benzene rings is 2. The topological polar surface area (TPSA) is 92.5 Å². The molecule has 3 rings (SSSR count). The molecule has 0 unspecified atom stereocenters. The molecule has 0 radical (unpaired) electrons. The molecular formula is C17H15N3O3. The first kappa shape index (κ1) is 14.8. The Balaban J connectivity index is 1.61. The summed E-state index contributed by atoms with van der Waals surface area (Å²) in [4.78, 5) is 37.4. The van der Waals surface area contributed by atoms with Crippen LogP contribution in [0.3, 0.4) is 0 Å². The second-order valence-electron chi connectivity index (χ2n) is 5.23. The molecule has 3 amide bonds. The molecule has 0 saturated carbocycles. The number of carbonyl (C=O) groups is 3. The molecule has 0 spiro atoms. The number of rotatable bonds is 4. The van der Waals surface area contributed by atoms with E-state index in [0.717, 1.165) is 4.90 Å². The van der Waals surface area contributed by atoms with Crippen LogP contribution in [0, 0.1) is 0 Å². The molecule has 1 heterocycles. The average Bonchev–Trinajstić information content (AvgIpc) is 2.80. The third-order valence-electron chi connectivity index (χ3n) is 3.64. The third-order valence-corrected chi connectivity index (χ3v) is 3.64. The molecule has 0 aliphatic carbocycles. The minimum atomic E-state index is -0.356. The van der Waals surface area contributed by atoms with Crippen molar-refractivity contribution in [1.82, 2.24) is 4.90 Å². The number of nitrogens with two attached hydrogens (primary N) is 1. The van der Waals surface area contributed by atoms with Crippen LogP contribution in [0.2, 0.25) is 0 Å². The molecule has 3 N–H and O–H groups in total. The highest BCUT2D eigenvalue weighted by molar-refractivity contribution is 6.21. The van der Waals surface area contributed by atoms with Crippen molar-refractivity contribution in [1.29, 1.82) is 0 Å². The second-order valence-corrected chi connectivity index (χ2v) is 5.23. The molecule has 0 atom stereocenters. The van der Waals surface area contributed by atoms with Crippen molar-refractivity contribution in [2.24, 2.45) is 0 Å². The van der Waals surface area contributed by atoms with Gasteiger partial charge in [-0.25, -0.2) is 0 Å². The molecule has 6 nitrogen and oxygen atoms in total. The van der Waals surface area contributed by atoms with Crippen molar-refractivity contribution < 1.29 is 14.4 Å². The van der Waals surface area contributed by atoms with Crippen LogP contribution in [-0.4, -0.2) is 29.2 Å². The zero-order valence-corrected chi connectivity index (χ0v) is 12.3. The van der Waals surface area contributed by atoms with E-state index < -0.39 is 0 Å². The van der Waals surface area contributed by atoms with Crippen LogP contribution in [0.25, 0.3) is 0 Å². The number of carbonyl (C=O) groups excluding carboxylic acids is 3. The van der Waals surface area contributed by atoms with Crippen molar-refractivity contribution in [3.63, 3.8) is 0 Å². The quantitative estimate of drug-likeness (QED) is 0.666. The number of nitrogen functional groups attached to an aromatic ring is 1. The molecule has 116 valence electrons. The molecule has 1 aliphatic rings. The molecule has 1 aliphatic heterocycles. The molecule has 0 fully saturated rings. The average molecular weight is 309 g/mol. The largest absolute Gasteiger partial charge is 0.399 e. The van der Waals surface area contributed by atoms with E-state index in [1.54, 1.807) is 48.5 Å². The van der Waals surface area contributed by atoms with Gasteiger partial charge < -0.3 is 11.1 Å². The lowest BCUT2D eigenvalue weighted by Crippen LogP contribution is -2.32. The van der Waals surface area contributed by atoms with Gasteiger partial charge >= 0.3 is 0 Å². The van der Waals surface area contributed by atoms with Gasteiger partial charge in [0.15, 0.2) is 0 Å². The van der Waals surface area contributed by atoms with Crippen molar-refractivity contribution >= 4 is 29.1 Å². The fraction of sp³-hybridized carbons (Fsp3) is 0.118. The predicted octanol–water partition coefficient (Wildman–Crippen LogP) is 1.89. The van der Waals surface area contributed by atoms with Crippen molar-refractivity contribution in [3.8, 4) is 0 Å². The molecule has 6 heteroatoms. The number of fused-ring (bicyclic) bond motifs is 1. The summed E-state index contributed by atoms with van der Waals surface area (Å²) >= 11 is 0. The second kappa shape index (κ2) is 5.92. The summed E-state index contributed by atoms with van der Waals surface area (Å²) in [5.41, 5.74) is 7.57. The van der Waals surface area contributed by atoms with Crippen LogP contribution in [0.5, 0.6) is 0 Å². The van der Waals surface area contributed by atoms with Crippen molar-refractivity contribution in [2.75, 3.05) is 17.6 Å². The lowest BCUT2D eigenvalue weighted by atomic mass is 10.1. The molecule has 0 saturated heterocycles. The van der Waals surface area contributed by atoms with Gasteiger partial charge in [0.25, 0.3) is 11.8 Å². The fourth-order valence-electron chi connectivity index (χ4n) is 2.45. The van der Waals surface area contributed by atoms with Crippen LogP contribution >= 0.6 is 0 Å². The SMILES string of the molecule is Nc1ccc(NC(=O)CCN2C(=O)c3ccccc3C2=O)cc1. The number of anilines is 2. The van der Waals surface area contributed by atoms with E-state index in [0.29, 0.717) is 22.5 Å². The van der Waals surface area contributed by atoms with Crippen LogP contribution < -0.4 is 11.1 Å². The number of nitrogens with zero attached hydrogens (tertiary/aromatic N) is 1. The molecular weight excluding hydrogens is 294 g/mol. The summed E-state index contributed by atoms with van der Waals surface area (Å²) < 4.78 is 0. The monoisotopic (exact) mass is 309 g/mol. The summed E-state index contributed by atoms with van der Waals surface area (Å²) in [6.45, 7) is 0.0488. The molecule has 2 aromatic rings. The van der Waals surface area contributed by atoms with E-state index >= 15 is 0 Å². The first-order chi connectivity index (χ1) is 11.1. The number of imide groups is 1. The molecule has 23 heavy (non-hydrogen) atoms. The third kappa shape index (κ3) is 2.91. The summed E-state index contributed by atoms with van der Waals surface area (Å²) in [5.74, 6) is -0.983. The number of hydrogen-bond acceptors (Lipinski definition) is 4. The zero-order chi connectivity index (χ0) is 16.4. The van der Waals surface area contributed by atoms with Crippen LogP contribution in [0.15, 0.2) is 48.5 Å². The maximum absolute atomic E-state index is 12.2. The van der Waals surface area contributed by atoms with E-state index in [9.17, 15) is 14.4 Å². The number of nitrogens with one attached hydrogen (secondary N) is 1. The van der Waals surface area contributed by atoms with Gasteiger partial charge in [0.05, 0.1) is 11.1 Å². The van der Waals surface area contributed by atoms with Gasteiger partial charge in [-0.1, -0.05) is 12.1 Å². The Bertz CT molecular complexity index is 749. The number of amides is 3. The maximum Gasteiger partial charge on any atom is 0.261 e. The Morgan fingerprint density at radius 1 is 0.957 bits per heavy atom. The van der Waals surface area contributed by atoms with Crippen molar-refractivity contribution in [2.45, 2.75) is 6.42 Å². The highest BCUT2D eigenvalue weighted by atomic mass is 16.2. The van der Waals surface area contributed by atoms with Crippen LogP contribution in [0.4, 0.5) is 11.4 Å². The Morgan fingerprint density at radius 2 is 1.52 bits per heavy atom. The predicted molar refractivity (Wildman–Crippen MR) is 85.9 cm³/mol. The molecule has 0 bridgehead atoms. The van der Waals surface area contributed by atoms with E-state index in [-0.39, 0.29) is 30.7 Å². The Kier molecular flexibility index (Phi) is 3.80. The summed E-state index contributed by atoms with van der Waals surface area (Å²) in [5, 5.41) is 2.70. The molecule has 2 aromatic carbocycles. The van der Waals surface area contributed by atoms with Gasteiger partial charge in [0, 0.05) is 24.3 Å². The lowest BCUT2D eigenvalue weighted by Gasteiger charge is -2.13. The van der Waals surface area contributed by atoms with Gasteiger partial charge in [-0.05, 0) is 36.4 Å². The van der Waals surface area contributed by atoms with E-state index in [4.69, 9.17) is 5.73 Å². The summed E-state index contributed by atoms with van der Waals surface area (Å²) in [6.07, 6.45) is 0.0375. The van der Waals surface area contributed by atoms with E-state index in [2.05, 4.69) is 5.32 Å². The highest BCUT2D eigenvalue weighted by Gasteiger charge is 2.34. The van der Waals surface area contributed by atoms with Crippen LogP contribution in [0.1, 0.15) is 27.1 Å². The first-order valence-electron chi connectivity index (χ1n) is 7.17. The first-order valence-corrected chi connectivity index (χ1v) is 7.17.